The van der Waals surface area contributed by atoms with Crippen LogP contribution in [0.2, 0.25) is 5.02 Å². The number of thiocarbonyl (C=S) groups is 1. The third-order valence-electron chi connectivity index (χ3n) is 2.61. The zero-order valence-electron chi connectivity index (χ0n) is 11.0. The average Bonchev–Trinajstić information content (AvgIpc) is 2.43. The number of ether oxygens (including phenoxy) is 2. The summed E-state index contributed by atoms with van der Waals surface area (Å²) in [7, 11) is 0. The molecule has 0 aromatic heterocycles. The molecule has 2 rings (SSSR count). The van der Waals surface area contributed by atoms with Crippen LogP contribution in [0.15, 0.2) is 46.9 Å². The van der Waals surface area contributed by atoms with Crippen LogP contribution < -0.4 is 15.2 Å². The number of hydrogen-bond acceptors (Lipinski definition) is 3. The van der Waals surface area contributed by atoms with Crippen molar-refractivity contribution in [3.63, 3.8) is 0 Å². The minimum atomic E-state index is 0.273. The highest BCUT2D eigenvalue weighted by molar-refractivity contribution is 9.10. The maximum absolute atomic E-state index is 5.95. The van der Waals surface area contributed by atoms with Crippen molar-refractivity contribution in [2.24, 2.45) is 5.73 Å². The molecule has 0 radical (unpaired) electrons. The van der Waals surface area contributed by atoms with Crippen LogP contribution in [-0.2, 0) is 0 Å². The Morgan fingerprint density at radius 3 is 2.62 bits per heavy atom. The van der Waals surface area contributed by atoms with Gasteiger partial charge in [0.2, 0.25) is 0 Å². The summed E-state index contributed by atoms with van der Waals surface area (Å²) < 4.78 is 12.2. The smallest absolute Gasteiger partial charge is 0.131 e. The van der Waals surface area contributed by atoms with Crippen LogP contribution in [0.4, 0.5) is 0 Å². The molecular weight excluding hydrogens is 374 g/mol. The summed E-state index contributed by atoms with van der Waals surface area (Å²) in [6, 6.07) is 12.8. The van der Waals surface area contributed by atoms with Crippen molar-refractivity contribution in [1.29, 1.82) is 0 Å². The van der Waals surface area contributed by atoms with Crippen molar-refractivity contribution in [2.45, 2.75) is 0 Å². The summed E-state index contributed by atoms with van der Waals surface area (Å²) in [5, 5.41) is 0.568. The highest BCUT2D eigenvalue weighted by Crippen LogP contribution is 2.23. The van der Waals surface area contributed by atoms with Gasteiger partial charge < -0.3 is 15.2 Å². The summed E-state index contributed by atoms with van der Waals surface area (Å²) in [6.07, 6.45) is 0. The molecular formula is C15H13BrClNO2S. The Morgan fingerprint density at radius 2 is 1.90 bits per heavy atom. The quantitative estimate of drug-likeness (QED) is 0.597. The van der Waals surface area contributed by atoms with Gasteiger partial charge in [0.25, 0.3) is 0 Å². The van der Waals surface area contributed by atoms with Crippen molar-refractivity contribution in [3.8, 4) is 11.5 Å². The molecule has 2 aromatic rings. The van der Waals surface area contributed by atoms with Gasteiger partial charge in [0.15, 0.2) is 0 Å². The molecule has 0 fully saturated rings. The third kappa shape index (κ3) is 4.88. The van der Waals surface area contributed by atoms with Gasteiger partial charge in [-0.3, -0.25) is 0 Å². The van der Waals surface area contributed by atoms with Gasteiger partial charge in [-0.1, -0.05) is 45.8 Å². The first-order chi connectivity index (χ1) is 10.1. The topological polar surface area (TPSA) is 44.5 Å². The van der Waals surface area contributed by atoms with E-state index in [9.17, 15) is 0 Å². The van der Waals surface area contributed by atoms with E-state index in [1.165, 1.54) is 0 Å². The number of nitrogens with two attached hydrogens (primary N) is 1. The van der Waals surface area contributed by atoms with E-state index in [0.717, 1.165) is 10.2 Å². The van der Waals surface area contributed by atoms with Crippen molar-refractivity contribution < 1.29 is 9.47 Å². The van der Waals surface area contributed by atoms with Gasteiger partial charge in [0.1, 0.15) is 29.7 Å². The lowest BCUT2D eigenvalue weighted by Gasteiger charge is -2.12. The monoisotopic (exact) mass is 385 g/mol. The maximum Gasteiger partial charge on any atom is 0.131 e. The Kier molecular flexibility index (Phi) is 5.85. The largest absolute Gasteiger partial charge is 0.490 e. The number of benzene rings is 2. The summed E-state index contributed by atoms with van der Waals surface area (Å²) in [4.78, 5) is 0.273. The van der Waals surface area contributed by atoms with Crippen molar-refractivity contribution in [1.82, 2.24) is 0 Å². The molecule has 0 aliphatic carbocycles. The minimum Gasteiger partial charge on any atom is -0.490 e. The fourth-order valence-electron chi connectivity index (χ4n) is 1.69. The molecule has 0 unspecified atom stereocenters. The fourth-order valence-corrected chi connectivity index (χ4v) is 2.40. The normalized spacial score (nSPS) is 10.2. The number of hydrogen-bond donors (Lipinski definition) is 1. The zero-order valence-corrected chi connectivity index (χ0v) is 14.2. The van der Waals surface area contributed by atoms with Gasteiger partial charge in [-0.2, -0.15) is 0 Å². The predicted octanol–water partition coefficient (Wildman–Crippen LogP) is 4.19. The highest BCUT2D eigenvalue weighted by Gasteiger charge is 2.07. The molecule has 0 spiro atoms. The average molecular weight is 387 g/mol. The van der Waals surface area contributed by atoms with Crippen LogP contribution in [0, 0.1) is 0 Å². The molecule has 0 bridgehead atoms. The van der Waals surface area contributed by atoms with Gasteiger partial charge in [-0.05, 0) is 36.4 Å². The standard InChI is InChI=1S/C15H13BrClNO2S/c16-10-2-1-3-12(8-10)19-6-7-20-14-9-11(17)4-5-13(14)15(18)21/h1-5,8-9H,6-7H2,(H2,18,21). The maximum atomic E-state index is 5.95. The summed E-state index contributed by atoms with van der Waals surface area (Å²) in [5.41, 5.74) is 6.31. The van der Waals surface area contributed by atoms with Crippen LogP contribution in [0.25, 0.3) is 0 Å². The molecule has 0 aliphatic rings. The lowest BCUT2D eigenvalue weighted by atomic mass is 10.2. The van der Waals surface area contributed by atoms with Gasteiger partial charge in [0.05, 0.1) is 5.56 Å². The number of halogens is 2. The van der Waals surface area contributed by atoms with E-state index in [-0.39, 0.29) is 4.99 Å². The Morgan fingerprint density at radius 1 is 1.14 bits per heavy atom. The Labute approximate surface area is 142 Å². The third-order valence-corrected chi connectivity index (χ3v) is 3.56. The Bertz CT molecular complexity index is 651. The lowest BCUT2D eigenvalue weighted by molar-refractivity contribution is 0.217. The molecule has 2 N–H and O–H groups in total. The molecule has 6 heteroatoms. The van der Waals surface area contributed by atoms with Crippen molar-refractivity contribution in [2.75, 3.05) is 13.2 Å². The first kappa shape index (κ1) is 16.1. The van der Waals surface area contributed by atoms with Crippen LogP contribution in [0.3, 0.4) is 0 Å². The molecule has 0 amide bonds. The van der Waals surface area contributed by atoms with E-state index >= 15 is 0 Å². The molecule has 0 saturated heterocycles. The molecule has 0 saturated carbocycles. The van der Waals surface area contributed by atoms with E-state index in [1.807, 2.05) is 24.3 Å². The zero-order chi connectivity index (χ0) is 15.2. The van der Waals surface area contributed by atoms with E-state index in [0.29, 0.717) is 29.5 Å². The Hall–Kier alpha value is -1.30. The fraction of sp³-hybridized carbons (Fsp3) is 0.133. The van der Waals surface area contributed by atoms with E-state index in [2.05, 4.69) is 15.9 Å². The molecule has 3 nitrogen and oxygen atoms in total. The summed E-state index contributed by atoms with van der Waals surface area (Å²) in [6.45, 7) is 0.766. The SMILES string of the molecule is NC(=S)c1ccc(Cl)cc1OCCOc1cccc(Br)c1. The summed E-state index contributed by atoms with van der Waals surface area (Å²) in [5.74, 6) is 1.33. The van der Waals surface area contributed by atoms with Crippen LogP contribution in [0.1, 0.15) is 5.56 Å². The predicted molar refractivity (Wildman–Crippen MR) is 92.5 cm³/mol. The molecule has 0 atom stereocenters. The van der Waals surface area contributed by atoms with E-state index in [1.54, 1.807) is 18.2 Å². The van der Waals surface area contributed by atoms with E-state index in [4.69, 9.17) is 39.0 Å². The van der Waals surface area contributed by atoms with Crippen LogP contribution in [0.5, 0.6) is 11.5 Å². The van der Waals surface area contributed by atoms with Gasteiger partial charge >= 0.3 is 0 Å². The second-order valence-corrected chi connectivity index (χ2v) is 5.95. The Balaban J connectivity index is 1.91. The van der Waals surface area contributed by atoms with Crippen molar-refractivity contribution in [3.05, 3.63) is 57.5 Å². The number of rotatable bonds is 6. The first-order valence-corrected chi connectivity index (χ1v) is 7.74. The first-order valence-electron chi connectivity index (χ1n) is 6.17. The van der Waals surface area contributed by atoms with Gasteiger partial charge in [-0.25, -0.2) is 0 Å². The van der Waals surface area contributed by atoms with Gasteiger partial charge in [-0.15, -0.1) is 0 Å². The van der Waals surface area contributed by atoms with Crippen LogP contribution >= 0.6 is 39.7 Å². The highest BCUT2D eigenvalue weighted by atomic mass is 79.9. The second kappa shape index (κ2) is 7.64. The second-order valence-electron chi connectivity index (χ2n) is 4.16. The van der Waals surface area contributed by atoms with Crippen molar-refractivity contribution >= 4 is 44.7 Å². The minimum absolute atomic E-state index is 0.273. The summed E-state index contributed by atoms with van der Waals surface area (Å²) >= 11 is 14.3. The van der Waals surface area contributed by atoms with E-state index < -0.39 is 0 Å². The molecule has 2 aromatic carbocycles. The molecule has 0 aliphatic heterocycles. The van der Waals surface area contributed by atoms with Gasteiger partial charge in [0, 0.05) is 9.50 Å². The molecule has 110 valence electrons. The lowest BCUT2D eigenvalue weighted by Crippen LogP contribution is -2.14. The molecule has 21 heavy (non-hydrogen) atoms. The van der Waals surface area contributed by atoms with Crippen LogP contribution in [-0.4, -0.2) is 18.2 Å². The molecule has 0 heterocycles.